The molecule has 0 spiro atoms. The summed E-state index contributed by atoms with van der Waals surface area (Å²) in [6.45, 7) is 0. The number of halogens is 1. The highest BCUT2D eigenvalue weighted by molar-refractivity contribution is 5.97. The molecule has 1 aliphatic rings. The Morgan fingerprint density at radius 2 is 2.00 bits per heavy atom. The monoisotopic (exact) mass is 335 g/mol. The van der Waals surface area contributed by atoms with Gasteiger partial charge in [-0.1, -0.05) is 18.2 Å². The van der Waals surface area contributed by atoms with Crippen molar-refractivity contribution in [3.63, 3.8) is 0 Å². The molecule has 0 radical (unpaired) electrons. The second-order valence-corrected chi connectivity index (χ2v) is 6.50. The molecule has 5 heteroatoms. The minimum Gasteiger partial charge on any atom is -0.327 e. The molecule has 25 heavy (non-hydrogen) atoms. The van der Waals surface area contributed by atoms with Gasteiger partial charge < -0.3 is 5.73 Å². The first-order valence-electron chi connectivity index (χ1n) is 8.28. The summed E-state index contributed by atoms with van der Waals surface area (Å²) in [6.07, 6.45) is 4.73. The lowest BCUT2D eigenvalue weighted by Gasteiger charge is -2.03. The molecule has 126 valence electrons. The summed E-state index contributed by atoms with van der Waals surface area (Å²) >= 11 is 0. The average Bonchev–Trinajstić information content (AvgIpc) is 3.17. The van der Waals surface area contributed by atoms with Gasteiger partial charge in [-0.3, -0.25) is 4.79 Å². The number of carbonyl (C=O) groups excluding carboxylic acids is 1. The Kier molecular flexibility index (Phi) is 3.93. The van der Waals surface area contributed by atoms with Crippen molar-refractivity contribution in [2.75, 3.05) is 0 Å². The molecular weight excluding hydrogens is 317 g/mol. The van der Waals surface area contributed by atoms with Gasteiger partial charge in [0.05, 0.1) is 11.9 Å². The predicted molar refractivity (Wildman–Crippen MR) is 93.3 cm³/mol. The molecule has 1 heterocycles. The van der Waals surface area contributed by atoms with Crippen LogP contribution in [0.3, 0.4) is 0 Å². The second-order valence-electron chi connectivity index (χ2n) is 6.50. The largest absolute Gasteiger partial charge is 0.327 e. The van der Waals surface area contributed by atoms with Crippen LogP contribution in [0.2, 0.25) is 0 Å². The van der Waals surface area contributed by atoms with E-state index in [0.717, 1.165) is 23.2 Å². The average molecular weight is 335 g/mol. The first-order valence-corrected chi connectivity index (χ1v) is 8.28. The molecule has 0 saturated heterocycles. The maximum atomic E-state index is 13.0. The number of rotatable bonds is 5. The maximum Gasteiger partial charge on any atom is 0.167 e. The molecule has 2 atom stereocenters. The zero-order chi connectivity index (χ0) is 17.4. The van der Waals surface area contributed by atoms with E-state index in [1.165, 1.54) is 12.1 Å². The van der Waals surface area contributed by atoms with Gasteiger partial charge in [0.25, 0.3) is 0 Å². The highest BCUT2D eigenvalue weighted by Crippen LogP contribution is 2.39. The van der Waals surface area contributed by atoms with Crippen LogP contribution >= 0.6 is 0 Å². The Labute approximate surface area is 145 Å². The molecule has 0 amide bonds. The van der Waals surface area contributed by atoms with E-state index in [0.29, 0.717) is 11.5 Å². The van der Waals surface area contributed by atoms with Crippen LogP contribution in [-0.4, -0.2) is 21.6 Å². The number of ketones is 1. The smallest absolute Gasteiger partial charge is 0.167 e. The summed E-state index contributed by atoms with van der Waals surface area (Å²) in [5, 5.41) is 4.25. The third kappa shape index (κ3) is 3.37. The van der Waals surface area contributed by atoms with Crippen LogP contribution in [0, 0.1) is 5.82 Å². The fourth-order valence-electron chi connectivity index (χ4n) is 3.01. The molecule has 1 saturated carbocycles. The van der Waals surface area contributed by atoms with Crippen molar-refractivity contribution >= 4 is 5.78 Å². The fourth-order valence-corrected chi connectivity index (χ4v) is 3.01. The minimum absolute atomic E-state index is 0.0507. The van der Waals surface area contributed by atoms with Crippen LogP contribution in [0.1, 0.15) is 33.8 Å². The van der Waals surface area contributed by atoms with Crippen molar-refractivity contribution in [3.8, 4) is 5.69 Å². The number of hydrogen-bond donors (Lipinski definition) is 1. The first kappa shape index (κ1) is 15.7. The number of nitrogens with zero attached hydrogens (tertiary/aromatic N) is 2. The summed E-state index contributed by atoms with van der Waals surface area (Å²) < 4.78 is 14.6. The molecule has 1 aromatic heterocycles. The zero-order valence-corrected chi connectivity index (χ0v) is 13.6. The molecule has 3 aromatic rings. The van der Waals surface area contributed by atoms with E-state index in [4.69, 9.17) is 5.73 Å². The summed E-state index contributed by atoms with van der Waals surface area (Å²) in [5.74, 6) is 0.144. The first-order chi connectivity index (χ1) is 12.1. The number of benzene rings is 2. The SMILES string of the molecule is NC1CC1c1cccc(C(=O)Cc2cnn(-c3ccc(F)cc3)c2)c1. The van der Waals surface area contributed by atoms with Crippen molar-refractivity contribution in [2.24, 2.45) is 5.73 Å². The number of Topliss-reactive ketones (excluding diaryl/α,β-unsaturated/α-hetero) is 1. The summed E-state index contributed by atoms with van der Waals surface area (Å²) in [5.41, 5.74) is 9.31. The number of aromatic nitrogens is 2. The zero-order valence-electron chi connectivity index (χ0n) is 13.6. The number of hydrogen-bond acceptors (Lipinski definition) is 3. The molecule has 4 rings (SSSR count). The van der Waals surface area contributed by atoms with Crippen molar-refractivity contribution in [1.82, 2.24) is 9.78 Å². The van der Waals surface area contributed by atoms with Gasteiger partial charge in [-0.25, -0.2) is 9.07 Å². The van der Waals surface area contributed by atoms with E-state index in [1.54, 1.807) is 29.2 Å². The van der Waals surface area contributed by atoms with Gasteiger partial charge in [0, 0.05) is 30.1 Å². The highest BCUT2D eigenvalue weighted by atomic mass is 19.1. The van der Waals surface area contributed by atoms with Gasteiger partial charge in [-0.2, -0.15) is 5.10 Å². The van der Waals surface area contributed by atoms with E-state index in [2.05, 4.69) is 5.10 Å². The van der Waals surface area contributed by atoms with E-state index >= 15 is 0 Å². The van der Waals surface area contributed by atoms with Gasteiger partial charge in [0.2, 0.25) is 0 Å². The quantitative estimate of drug-likeness (QED) is 0.728. The molecule has 1 aliphatic carbocycles. The van der Waals surface area contributed by atoms with Crippen LogP contribution in [0.4, 0.5) is 4.39 Å². The van der Waals surface area contributed by atoms with Crippen molar-refractivity contribution in [3.05, 3.63) is 83.4 Å². The minimum atomic E-state index is -0.290. The van der Waals surface area contributed by atoms with E-state index in [-0.39, 0.29) is 24.1 Å². The van der Waals surface area contributed by atoms with Crippen molar-refractivity contribution < 1.29 is 9.18 Å². The van der Waals surface area contributed by atoms with Gasteiger partial charge in [-0.15, -0.1) is 0 Å². The fraction of sp³-hybridized carbons (Fsp3) is 0.200. The molecule has 0 bridgehead atoms. The van der Waals surface area contributed by atoms with Crippen molar-refractivity contribution in [1.29, 1.82) is 0 Å². The third-order valence-corrected chi connectivity index (χ3v) is 4.57. The highest BCUT2D eigenvalue weighted by Gasteiger charge is 2.34. The Morgan fingerprint density at radius 1 is 1.24 bits per heavy atom. The lowest BCUT2D eigenvalue weighted by Crippen LogP contribution is -2.05. The topological polar surface area (TPSA) is 60.9 Å². The summed E-state index contributed by atoms with van der Waals surface area (Å²) in [6, 6.07) is 14.0. The van der Waals surface area contributed by atoms with Gasteiger partial charge >= 0.3 is 0 Å². The molecule has 2 unspecified atom stereocenters. The Morgan fingerprint density at radius 3 is 2.72 bits per heavy atom. The van der Waals surface area contributed by atoms with Crippen molar-refractivity contribution in [2.45, 2.75) is 24.8 Å². The van der Waals surface area contributed by atoms with Crippen LogP contribution < -0.4 is 5.73 Å². The second kappa shape index (κ2) is 6.26. The summed E-state index contributed by atoms with van der Waals surface area (Å²) in [4.78, 5) is 12.6. The molecule has 4 nitrogen and oxygen atoms in total. The van der Waals surface area contributed by atoms with E-state index < -0.39 is 0 Å². The molecule has 1 fully saturated rings. The number of nitrogens with two attached hydrogens (primary N) is 1. The normalized spacial score (nSPS) is 19.0. The molecule has 2 aromatic carbocycles. The van der Waals surface area contributed by atoms with Gasteiger partial charge in [-0.05, 0) is 47.9 Å². The van der Waals surface area contributed by atoms with E-state index in [1.807, 2.05) is 24.3 Å². The molecule has 0 aliphatic heterocycles. The lowest BCUT2D eigenvalue weighted by atomic mass is 10.0. The van der Waals surface area contributed by atoms with E-state index in [9.17, 15) is 9.18 Å². The Bertz CT molecular complexity index is 917. The maximum absolute atomic E-state index is 13.0. The van der Waals surface area contributed by atoms with Gasteiger partial charge in [0.15, 0.2) is 5.78 Å². The van der Waals surface area contributed by atoms with Crippen LogP contribution in [-0.2, 0) is 6.42 Å². The standard InChI is InChI=1S/C20H18FN3O/c21-16-4-6-17(7-5-16)24-12-13(11-23-24)8-20(25)15-3-1-2-14(9-15)18-10-19(18)22/h1-7,9,11-12,18-19H,8,10,22H2. The molecular formula is C20H18FN3O. The number of carbonyl (C=O) groups is 1. The third-order valence-electron chi connectivity index (χ3n) is 4.57. The van der Waals surface area contributed by atoms with Crippen LogP contribution in [0.5, 0.6) is 0 Å². The molecule has 2 N–H and O–H groups in total. The van der Waals surface area contributed by atoms with Crippen LogP contribution in [0.25, 0.3) is 5.69 Å². The summed E-state index contributed by atoms with van der Waals surface area (Å²) in [7, 11) is 0. The Hall–Kier alpha value is -2.79. The van der Waals surface area contributed by atoms with Gasteiger partial charge in [0.1, 0.15) is 5.82 Å². The lowest BCUT2D eigenvalue weighted by molar-refractivity contribution is 0.0993. The Balaban J connectivity index is 1.49. The van der Waals surface area contributed by atoms with Crippen LogP contribution in [0.15, 0.2) is 60.9 Å². The predicted octanol–water partition coefficient (Wildman–Crippen LogP) is 3.25.